The van der Waals surface area contributed by atoms with E-state index in [1.54, 1.807) is 7.11 Å². The maximum atomic E-state index is 5.56. The summed E-state index contributed by atoms with van der Waals surface area (Å²) < 4.78 is 10.8. The topological polar surface area (TPSA) is 61.3 Å². The first kappa shape index (κ1) is 13.6. The third-order valence-corrected chi connectivity index (χ3v) is 3.23. The molecule has 0 saturated carbocycles. The number of aromatic nitrogens is 1. The number of aryl methyl sites for hydroxylation is 1. The van der Waals surface area contributed by atoms with Crippen LogP contribution in [0.5, 0.6) is 5.75 Å². The zero-order chi connectivity index (χ0) is 14.0. The Morgan fingerprint density at radius 1 is 1.32 bits per heavy atom. The van der Waals surface area contributed by atoms with Crippen LogP contribution in [0.15, 0.2) is 22.7 Å². The average molecular weight is 260 g/mol. The van der Waals surface area contributed by atoms with Gasteiger partial charge < -0.3 is 15.0 Å². The van der Waals surface area contributed by atoms with Crippen LogP contribution in [0.3, 0.4) is 0 Å². The Morgan fingerprint density at radius 2 is 2.05 bits per heavy atom. The van der Waals surface area contributed by atoms with Crippen LogP contribution >= 0.6 is 0 Å². The van der Waals surface area contributed by atoms with E-state index in [0.29, 0.717) is 12.5 Å². The molecule has 1 aromatic carbocycles. The monoisotopic (exact) mass is 260 g/mol. The maximum Gasteiger partial charge on any atom is 0.167 e. The summed E-state index contributed by atoms with van der Waals surface area (Å²) in [4.78, 5) is 0. The van der Waals surface area contributed by atoms with E-state index in [1.165, 1.54) is 0 Å². The number of ether oxygens (including phenoxy) is 1. The highest BCUT2D eigenvalue weighted by Gasteiger charge is 2.15. The fraction of sp³-hybridized carbons (Fsp3) is 0.400. The number of benzene rings is 1. The Bertz CT molecular complexity index is 574. The van der Waals surface area contributed by atoms with E-state index < -0.39 is 0 Å². The van der Waals surface area contributed by atoms with Crippen molar-refractivity contribution in [2.45, 2.75) is 33.2 Å². The van der Waals surface area contributed by atoms with Crippen LogP contribution in [0, 0.1) is 6.92 Å². The van der Waals surface area contributed by atoms with Gasteiger partial charge in [0.1, 0.15) is 5.75 Å². The van der Waals surface area contributed by atoms with E-state index in [9.17, 15) is 0 Å². The summed E-state index contributed by atoms with van der Waals surface area (Å²) in [5.41, 5.74) is 9.62. The van der Waals surface area contributed by atoms with E-state index in [1.807, 2.05) is 19.1 Å². The first-order valence-electron chi connectivity index (χ1n) is 6.41. The SMILES string of the molecule is COc1cc(C)c(-c2cc(CN)no2)cc1C(C)C. The third-order valence-electron chi connectivity index (χ3n) is 3.23. The summed E-state index contributed by atoms with van der Waals surface area (Å²) in [5.74, 6) is 2.04. The molecule has 0 atom stereocenters. The maximum absolute atomic E-state index is 5.56. The molecule has 2 rings (SSSR count). The Labute approximate surface area is 113 Å². The molecule has 0 spiro atoms. The van der Waals surface area contributed by atoms with Gasteiger partial charge in [0, 0.05) is 18.2 Å². The van der Waals surface area contributed by atoms with Crippen LogP contribution in [-0.4, -0.2) is 12.3 Å². The van der Waals surface area contributed by atoms with E-state index in [4.69, 9.17) is 15.0 Å². The van der Waals surface area contributed by atoms with Gasteiger partial charge in [-0.1, -0.05) is 19.0 Å². The average Bonchev–Trinajstić information content (AvgIpc) is 2.86. The molecule has 0 bridgehead atoms. The zero-order valence-corrected chi connectivity index (χ0v) is 11.9. The third kappa shape index (κ3) is 2.63. The largest absolute Gasteiger partial charge is 0.496 e. The molecule has 0 fully saturated rings. The van der Waals surface area contributed by atoms with Gasteiger partial charge in [-0.3, -0.25) is 0 Å². The molecule has 0 unspecified atom stereocenters. The lowest BCUT2D eigenvalue weighted by molar-refractivity contribution is 0.406. The lowest BCUT2D eigenvalue weighted by Crippen LogP contribution is -1.97. The second kappa shape index (κ2) is 5.45. The number of rotatable bonds is 4. The number of hydrogen-bond donors (Lipinski definition) is 1. The van der Waals surface area contributed by atoms with Crippen LogP contribution in [0.1, 0.15) is 36.6 Å². The quantitative estimate of drug-likeness (QED) is 0.916. The highest BCUT2D eigenvalue weighted by molar-refractivity contribution is 5.65. The summed E-state index contributed by atoms with van der Waals surface area (Å²) in [6, 6.07) is 6.04. The minimum Gasteiger partial charge on any atom is -0.496 e. The highest BCUT2D eigenvalue weighted by Crippen LogP contribution is 2.34. The van der Waals surface area contributed by atoms with Gasteiger partial charge in [-0.2, -0.15) is 0 Å². The molecule has 0 aliphatic carbocycles. The molecule has 0 aliphatic rings. The predicted octanol–water partition coefficient (Wildman–Crippen LogP) is 3.24. The summed E-state index contributed by atoms with van der Waals surface area (Å²) in [6.45, 7) is 6.70. The van der Waals surface area contributed by atoms with Crippen LogP contribution in [-0.2, 0) is 6.54 Å². The molecule has 2 aromatic rings. The number of nitrogens with two attached hydrogens (primary N) is 1. The Morgan fingerprint density at radius 3 is 2.58 bits per heavy atom. The molecular weight excluding hydrogens is 240 g/mol. The van der Waals surface area contributed by atoms with Crippen LogP contribution < -0.4 is 10.5 Å². The smallest absolute Gasteiger partial charge is 0.167 e. The Kier molecular flexibility index (Phi) is 3.90. The standard InChI is InChI=1S/C15H20N2O2/c1-9(2)12-7-13(10(3)5-14(12)18-4)15-6-11(8-16)17-19-15/h5-7,9H,8,16H2,1-4H3. The molecule has 0 aliphatic heterocycles. The van der Waals surface area contributed by atoms with Gasteiger partial charge in [-0.05, 0) is 36.1 Å². The molecule has 4 heteroatoms. The van der Waals surface area contributed by atoms with Crippen LogP contribution in [0.2, 0.25) is 0 Å². The number of nitrogens with zero attached hydrogens (tertiary/aromatic N) is 1. The predicted molar refractivity (Wildman–Crippen MR) is 75.2 cm³/mol. The van der Waals surface area contributed by atoms with Crippen molar-refractivity contribution in [1.29, 1.82) is 0 Å². The van der Waals surface area contributed by atoms with Crippen molar-refractivity contribution in [3.8, 4) is 17.1 Å². The van der Waals surface area contributed by atoms with Gasteiger partial charge in [0.05, 0.1) is 12.8 Å². The molecule has 4 nitrogen and oxygen atoms in total. The molecule has 102 valence electrons. The van der Waals surface area contributed by atoms with E-state index >= 15 is 0 Å². The highest BCUT2D eigenvalue weighted by atomic mass is 16.5. The molecule has 19 heavy (non-hydrogen) atoms. The van der Waals surface area contributed by atoms with Gasteiger partial charge in [0.2, 0.25) is 0 Å². The Balaban J connectivity index is 2.54. The summed E-state index contributed by atoms with van der Waals surface area (Å²) in [7, 11) is 1.70. The van der Waals surface area contributed by atoms with Crippen LogP contribution in [0.4, 0.5) is 0 Å². The minimum atomic E-state index is 0.381. The fourth-order valence-corrected chi connectivity index (χ4v) is 2.13. The van der Waals surface area contributed by atoms with E-state index in [2.05, 4.69) is 25.1 Å². The Hall–Kier alpha value is -1.81. The van der Waals surface area contributed by atoms with E-state index in [-0.39, 0.29) is 0 Å². The van der Waals surface area contributed by atoms with Crippen molar-refractivity contribution in [2.75, 3.05) is 7.11 Å². The van der Waals surface area contributed by atoms with Gasteiger partial charge >= 0.3 is 0 Å². The minimum absolute atomic E-state index is 0.381. The summed E-state index contributed by atoms with van der Waals surface area (Å²) in [5, 5.41) is 3.94. The summed E-state index contributed by atoms with van der Waals surface area (Å²) in [6.07, 6.45) is 0. The lowest BCUT2D eigenvalue weighted by atomic mass is 9.95. The molecule has 1 heterocycles. The van der Waals surface area contributed by atoms with Crippen molar-refractivity contribution in [1.82, 2.24) is 5.16 Å². The summed E-state index contributed by atoms with van der Waals surface area (Å²) >= 11 is 0. The molecule has 0 saturated heterocycles. The van der Waals surface area contributed by atoms with E-state index in [0.717, 1.165) is 33.9 Å². The fourth-order valence-electron chi connectivity index (χ4n) is 2.13. The first-order valence-corrected chi connectivity index (χ1v) is 6.41. The van der Waals surface area contributed by atoms with Crippen molar-refractivity contribution in [3.05, 3.63) is 35.0 Å². The molecule has 0 amide bonds. The number of methoxy groups -OCH3 is 1. The number of hydrogen-bond acceptors (Lipinski definition) is 4. The second-order valence-corrected chi connectivity index (χ2v) is 4.95. The zero-order valence-electron chi connectivity index (χ0n) is 11.9. The van der Waals surface area contributed by atoms with Crippen molar-refractivity contribution in [2.24, 2.45) is 5.73 Å². The van der Waals surface area contributed by atoms with Gasteiger partial charge in [-0.15, -0.1) is 0 Å². The lowest BCUT2D eigenvalue weighted by Gasteiger charge is -2.14. The molecule has 0 radical (unpaired) electrons. The van der Waals surface area contributed by atoms with Crippen molar-refractivity contribution >= 4 is 0 Å². The first-order chi connectivity index (χ1) is 9.06. The van der Waals surface area contributed by atoms with Crippen molar-refractivity contribution < 1.29 is 9.26 Å². The molecular formula is C15H20N2O2. The van der Waals surface area contributed by atoms with Gasteiger partial charge in [0.15, 0.2) is 5.76 Å². The van der Waals surface area contributed by atoms with Crippen LogP contribution in [0.25, 0.3) is 11.3 Å². The molecule has 2 N–H and O–H groups in total. The van der Waals surface area contributed by atoms with Gasteiger partial charge in [0.25, 0.3) is 0 Å². The molecule has 1 aromatic heterocycles. The normalized spacial score (nSPS) is 11.1. The van der Waals surface area contributed by atoms with Gasteiger partial charge in [-0.25, -0.2) is 0 Å². The van der Waals surface area contributed by atoms with Crippen molar-refractivity contribution in [3.63, 3.8) is 0 Å². The second-order valence-electron chi connectivity index (χ2n) is 4.95.